The van der Waals surface area contributed by atoms with E-state index in [1.807, 2.05) is 0 Å². The molecule has 1 saturated heterocycles. The highest BCUT2D eigenvalue weighted by Crippen LogP contribution is 2.27. The molecule has 1 aromatic rings. The van der Waals surface area contributed by atoms with Crippen LogP contribution in [0.15, 0.2) is 36.5 Å². The van der Waals surface area contributed by atoms with Crippen LogP contribution in [0.25, 0.3) is 0 Å². The Balaban J connectivity index is 1.79. The molecule has 1 heterocycles. The van der Waals surface area contributed by atoms with Crippen molar-refractivity contribution in [2.75, 3.05) is 18.1 Å². The van der Waals surface area contributed by atoms with E-state index >= 15 is 0 Å². The number of nitrogens with one attached hydrogen (secondary N) is 2. The van der Waals surface area contributed by atoms with Crippen molar-refractivity contribution in [3.63, 3.8) is 0 Å². The Labute approximate surface area is 164 Å². The lowest BCUT2D eigenvalue weighted by Crippen LogP contribution is -2.29. The Hall–Kier alpha value is -3.16. The summed E-state index contributed by atoms with van der Waals surface area (Å²) in [6.45, 7) is 2.65. The summed E-state index contributed by atoms with van der Waals surface area (Å²) < 4.78 is 4.82. The van der Waals surface area contributed by atoms with Crippen LogP contribution in [0.5, 0.6) is 0 Å². The van der Waals surface area contributed by atoms with Crippen LogP contribution in [0.4, 0.5) is 5.69 Å². The van der Waals surface area contributed by atoms with E-state index in [-0.39, 0.29) is 42.4 Å². The van der Waals surface area contributed by atoms with Gasteiger partial charge in [-0.2, -0.15) is 0 Å². The van der Waals surface area contributed by atoms with Gasteiger partial charge in [-0.05, 0) is 50.2 Å². The van der Waals surface area contributed by atoms with Crippen molar-refractivity contribution in [1.29, 1.82) is 5.41 Å². The molecule has 0 radical (unpaired) electrons. The van der Waals surface area contributed by atoms with Crippen LogP contribution in [0.2, 0.25) is 0 Å². The standard InChI is InChI=1S/C20H26N4O4/c1-2-28-18(26)5-3-4-11-23-17(25)13-15-10-12-24(20(15)27)16-8-6-14(7-9-16)19(21)22/h4,6-9,11,15H,2-3,5,10,12-13H2,1H3,(H3,21,22)(H,23,25). The van der Waals surface area contributed by atoms with Crippen LogP contribution in [0.3, 0.4) is 0 Å². The molecule has 0 bridgehead atoms. The van der Waals surface area contributed by atoms with E-state index < -0.39 is 0 Å². The van der Waals surface area contributed by atoms with Crippen LogP contribution < -0.4 is 16.0 Å². The monoisotopic (exact) mass is 386 g/mol. The highest BCUT2D eigenvalue weighted by molar-refractivity contribution is 6.00. The number of hydrogen-bond donors (Lipinski definition) is 3. The molecule has 2 rings (SSSR count). The quantitative estimate of drug-likeness (QED) is 0.338. The van der Waals surface area contributed by atoms with E-state index in [4.69, 9.17) is 15.9 Å². The van der Waals surface area contributed by atoms with Gasteiger partial charge in [-0.15, -0.1) is 0 Å². The Kier molecular flexibility index (Phi) is 7.74. The summed E-state index contributed by atoms with van der Waals surface area (Å²) in [7, 11) is 0. The predicted octanol–water partition coefficient (Wildman–Crippen LogP) is 1.69. The van der Waals surface area contributed by atoms with Gasteiger partial charge in [0.25, 0.3) is 0 Å². The molecule has 8 nitrogen and oxygen atoms in total. The van der Waals surface area contributed by atoms with E-state index in [1.165, 1.54) is 6.20 Å². The molecule has 1 aliphatic heterocycles. The highest BCUT2D eigenvalue weighted by atomic mass is 16.5. The maximum Gasteiger partial charge on any atom is 0.306 e. The number of amides is 2. The van der Waals surface area contributed by atoms with Crippen molar-refractivity contribution in [2.24, 2.45) is 11.7 Å². The van der Waals surface area contributed by atoms with Crippen LogP contribution >= 0.6 is 0 Å². The van der Waals surface area contributed by atoms with Crippen molar-refractivity contribution in [1.82, 2.24) is 5.32 Å². The molecule has 0 spiro atoms. The second-order valence-electron chi connectivity index (χ2n) is 6.45. The van der Waals surface area contributed by atoms with Crippen LogP contribution in [-0.2, 0) is 19.1 Å². The van der Waals surface area contributed by atoms with Crippen molar-refractivity contribution in [3.05, 3.63) is 42.1 Å². The van der Waals surface area contributed by atoms with Crippen molar-refractivity contribution in [3.8, 4) is 0 Å². The molecule has 2 amide bonds. The fraction of sp³-hybridized carbons (Fsp3) is 0.400. The van der Waals surface area contributed by atoms with Crippen molar-refractivity contribution >= 4 is 29.3 Å². The lowest BCUT2D eigenvalue weighted by atomic mass is 10.0. The van der Waals surface area contributed by atoms with E-state index in [0.29, 0.717) is 31.6 Å². The molecule has 150 valence electrons. The van der Waals surface area contributed by atoms with Crippen molar-refractivity contribution < 1.29 is 19.1 Å². The van der Waals surface area contributed by atoms with Crippen LogP contribution in [-0.4, -0.2) is 36.8 Å². The van der Waals surface area contributed by atoms with E-state index in [9.17, 15) is 14.4 Å². The summed E-state index contributed by atoms with van der Waals surface area (Å²) in [5, 5.41) is 10.0. The van der Waals surface area contributed by atoms with Crippen molar-refractivity contribution in [2.45, 2.75) is 32.6 Å². The first-order valence-electron chi connectivity index (χ1n) is 9.28. The topological polar surface area (TPSA) is 126 Å². The zero-order valence-corrected chi connectivity index (χ0v) is 15.9. The first-order valence-corrected chi connectivity index (χ1v) is 9.28. The number of allylic oxidation sites excluding steroid dienone is 1. The molecule has 1 aromatic carbocycles. The summed E-state index contributed by atoms with van der Waals surface area (Å²) in [6, 6.07) is 6.91. The number of ether oxygens (including phenoxy) is 1. The molecule has 0 saturated carbocycles. The average Bonchev–Trinajstić information content (AvgIpc) is 3.02. The molecule has 1 aliphatic rings. The molecule has 1 fully saturated rings. The molecular weight excluding hydrogens is 360 g/mol. The summed E-state index contributed by atoms with van der Waals surface area (Å²) in [6.07, 6.45) is 4.65. The summed E-state index contributed by atoms with van der Waals surface area (Å²) in [5.41, 5.74) is 6.77. The Morgan fingerprint density at radius 2 is 2.07 bits per heavy atom. The number of rotatable bonds is 9. The number of anilines is 1. The van der Waals surface area contributed by atoms with Gasteiger partial charge in [0.2, 0.25) is 11.8 Å². The smallest absolute Gasteiger partial charge is 0.306 e. The minimum Gasteiger partial charge on any atom is -0.466 e. The molecule has 4 N–H and O–H groups in total. The van der Waals surface area contributed by atoms with E-state index in [1.54, 1.807) is 42.2 Å². The van der Waals surface area contributed by atoms with Crippen LogP contribution in [0, 0.1) is 11.3 Å². The van der Waals surface area contributed by atoms with Gasteiger partial charge in [-0.3, -0.25) is 19.8 Å². The fourth-order valence-electron chi connectivity index (χ4n) is 2.96. The molecular formula is C20H26N4O4. The molecule has 1 unspecified atom stereocenters. The van der Waals surface area contributed by atoms with E-state index in [2.05, 4.69) is 5.32 Å². The minimum absolute atomic E-state index is 0.0239. The lowest BCUT2D eigenvalue weighted by Gasteiger charge is -2.17. The third-order valence-electron chi connectivity index (χ3n) is 4.42. The third kappa shape index (κ3) is 5.94. The lowest BCUT2D eigenvalue weighted by molar-refractivity contribution is -0.143. The zero-order chi connectivity index (χ0) is 20.5. The number of nitrogens with zero attached hydrogens (tertiary/aromatic N) is 1. The molecule has 1 atom stereocenters. The Morgan fingerprint density at radius 1 is 1.36 bits per heavy atom. The fourth-order valence-corrected chi connectivity index (χ4v) is 2.96. The van der Waals surface area contributed by atoms with Gasteiger partial charge in [-0.25, -0.2) is 0 Å². The summed E-state index contributed by atoms with van der Waals surface area (Å²) in [4.78, 5) is 37.5. The number of hydrogen-bond acceptors (Lipinski definition) is 5. The predicted molar refractivity (Wildman–Crippen MR) is 106 cm³/mol. The molecule has 28 heavy (non-hydrogen) atoms. The zero-order valence-electron chi connectivity index (χ0n) is 15.9. The number of carbonyl (C=O) groups is 3. The van der Waals surface area contributed by atoms with Gasteiger partial charge >= 0.3 is 5.97 Å². The highest BCUT2D eigenvalue weighted by Gasteiger charge is 2.33. The van der Waals surface area contributed by atoms with E-state index in [0.717, 1.165) is 5.69 Å². The molecule has 0 aliphatic carbocycles. The van der Waals surface area contributed by atoms with Gasteiger partial charge in [0.05, 0.1) is 6.61 Å². The number of nitrogen functional groups attached to an aromatic ring is 1. The number of benzene rings is 1. The largest absolute Gasteiger partial charge is 0.466 e. The average molecular weight is 386 g/mol. The summed E-state index contributed by atoms with van der Waals surface area (Å²) >= 11 is 0. The SMILES string of the molecule is CCOC(=O)CCC=CNC(=O)CC1CCN(c2ccc(C(=N)N)cc2)C1=O. The van der Waals surface area contributed by atoms with Gasteiger partial charge in [0.15, 0.2) is 0 Å². The van der Waals surface area contributed by atoms with Gasteiger partial charge in [0.1, 0.15) is 5.84 Å². The molecule has 8 heteroatoms. The normalized spacial score (nSPS) is 16.4. The number of nitrogens with two attached hydrogens (primary N) is 1. The third-order valence-corrected chi connectivity index (χ3v) is 4.42. The first-order chi connectivity index (χ1) is 13.4. The second-order valence-corrected chi connectivity index (χ2v) is 6.45. The number of carbonyl (C=O) groups excluding carboxylic acids is 3. The van der Waals surface area contributed by atoms with Gasteiger partial charge in [0, 0.05) is 36.6 Å². The molecule has 0 aromatic heterocycles. The van der Waals surface area contributed by atoms with Gasteiger partial charge in [-0.1, -0.05) is 6.08 Å². The Morgan fingerprint density at radius 3 is 2.71 bits per heavy atom. The maximum absolute atomic E-state index is 12.6. The Bertz CT molecular complexity index is 758. The number of esters is 1. The minimum atomic E-state index is -0.361. The van der Waals surface area contributed by atoms with Crippen LogP contribution in [0.1, 0.15) is 38.2 Å². The maximum atomic E-state index is 12.6. The second kappa shape index (κ2) is 10.2. The first kappa shape index (κ1) is 21.1. The summed E-state index contributed by atoms with van der Waals surface area (Å²) in [5.74, 6) is -0.979. The number of amidine groups is 1. The van der Waals surface area contributed by atoms with Gasteiger partial charge < -0.3 is 20.7 Å².